The summed E-state index contributed by atoms with van der Waals surface area (Å²) in [6, 6.07) is 17.7. The Balaban J connectivity index is 1.54. The van der Waals surface area contributed by atoms with Crippen molar-refractivity contribution in [3.05, 3.63) is 96.1 Å². The summed E-state index contributed by atoms with van der Waals surface area (Å²) in [5, 5.41) is 0.927. The summed E-state index contributed by atoms with van der Waals surface area (Å²) in [6.07, 6.45) is 0. The van der Waals surface area contributed by atoms with E-state index in [4.69, 9.17) is 0 Å². The van der Waals surface area contributed by atoms with E-state index in [0.29, 0.717) is 21.9 Å². The normalized spacial score (nSPS) is 12.1. The SMILES string of the molecule is Fc1cccc2c1-c1nc-2nc2[nH]c(nc3nc(nc4[nH]c(n1)c1cccc(F)c41)-c1cccc(F)c1-3)c1c(F)cccc21. The lowest BCUT2D eigenvalue weighted by Crippen LogP contribution is -1.87. The third kappa shape index (κ3) is 3.38. The van der Waals surface area contributed by atoms with Gasteiger partial charge in [-0.2, -0.15) is 0 Å². The van der Waals surface area contributed by atoms with Crippen LogP contribution in [0.25, 0.3) is 89.7 Å². The smallest absolute Gasteiger partial charge is 0.167 e. The topological polar surface area (TPSA) is 109 Å². The van der Waals surface area contributed by atoms with E-state index in [1.54, 1.807) is 24.3 Å². The molecule has 0 amide bonds. The molecule has 7 aromatic rings. The zero-order valence-electron chi connectivity index (χ0n) is 22.1. The Labute approximate surface area is 243 Å². The number of halogens is 4. The summed E-state index contributed by atoms with van der Waals surface area (Å²) in [5.41, 5.74) is 1.26. The Bertz CT molecular complexity index is 2570. The highest BCUT2D eigenvalue weighted by molar-refractivity contribution is 6.06. The molecule has 210 valence electrons. The van der Waals surface area contributed by atoms with Crippen molar-refractivity contribution >= 4 is 44.1 Å². The molecule has 0 saturated carbocycles. The van der Waals surface area contributed by atoms with Gasteiger partial charge in [-0.25, -0.2) is 47.5 Å². The average molecular weight is 587 g/mol. The molecule has 0 aliphatic carbocycles. The molecule has 12 heteroatoms. The number of hydrogen-bond donors (Lipinski definition) is 2. The lowest BCUT2D eigenvalue weighted by Gasteiger charge is -1.99. The molecule has 5 heterocycles. The third-order valence-corrected chi connectivity index (χ3v) is 7.74. The Kier molecular flexibility index (Phi) is 4.87. The minimum absolute atomic E-state index is 0.00361. The van der Waals surface area contributed by atoms with Crippen molar-refractivity contribution in [2.24, 2.45) is 0 Å². The van der Waals surface area contributed by atoms with Crippen LogP contribution in [0.5, 0.6) is 0 Å². The van der Waals surface area contributed by atoms with Crippen LogP contribution in [0, 0.1) is 23.3 Å². The molecule has 0 saturated heterocycles. The van der Waals surface area contributed by atoms with E-state index in [9.17, 15) is 0 Å². The molecule has 0 atom stereocenters. The van der Waals surface area contributed by atoms with Crippen molar-refractivity contribution in [1.82, 2.24) is 39.9 Å². The number of fused-ring (bicyclic) bond motifs is 20. The molecule has 8 nitrogen and oxygen atoms in total. The van der Waals surface area contributed by atoms with Gasteiger partial charge in [0.25, 0.3) is 0 Å². The number of hydrogen-bond acceptors (Lipinski definition) is 6. The summed E-state index contributed by atoms with van der Waals surface area (Å²) in [6.45, 7) is 0. The van der Waals surface area contributed by atoms with Crippen LogP contribution >= 0.6 is 0 Å². The molecule has 2 aliphatic heterocycles. The Morgan fingerprint density at radius 3 is 1.27 bits per heavy atom. The Hall–Kier alpha value is -6.04. The summed E-state index contributed by atoms with van der Waals surface area (Å²) >= 11 is 0. The second-order valence-electron chi connectivity index (χ2n) is 10.3. The van der Waals surface area contributed by atoms with E-state index in [1.165, 1.54) is 48.5 Å². The number of nitrogens with one attached hydrogen (secondary N) is 2. The van der Waals surface area contributed by atoms with Gasteiger partial charge in [0.1, 0.15) is 45.9 Å². The van der Waals surface area contributed by atoms with Gasteiger partial charge in [0.05, 0.1) is 21.9 Å². The van der Waals surface area contributed by atoms with E-state index in [0.717, 1.165) is 0 Å². The van der Waals surface area contributed by atoms with Gasteiger partial charge in [-0.1, -0.05) is 48.5 Å². The molecule has 0 radical (unpaired) electrons. The first-order valence-electron chi connectivity index (χ1n) is 13.4. The lowest BCUT2D eigenvalue weighted by molar-refractivity contribution is 0.631. The Morgan fingerprint density at radius 1 is 0.386 bits per heavy atom. The molecule has 0 unspecified atom stereocenters. The average Bonchev–Trinajstić information content (AvgIpc) is 3.74. The maximum absolute atomic E-state index is 15.3. The molecule has 4 aromatic carbocycles. The highest BCUT2D eigenvalue weighted by Crippen LogP contribution is 2.39. The molecule has 8 bridgehead atoms. The predicted molar refractivity (Wildman–Crippen MR) is 156 cm³/mol. The molecular weight excluding hydrogens is 572 g/mol. The van der Waals surface area contributed by atoms with Crippen molar-refractivity contribution in [3.63, 3.8) is 0 Å². The zero-order valence-corrected chi connectivity index (χ0v) is 22.1. The lowest BCUT2D eigenvalue weighted by atomic mass is 10.1. The molecule has 0 spiro atoms. The molecule has 2 N–H and O–H groups in total. The van der Waals surface area contributed by atoms with Gasteiger partial charge in [0.2, 0.25) is 0 Å². The monoisotopic (exact) mass is 586 g/mol. The van der Waals surface area contributed by atoms with Crippen molar-refractivity contribution in [1.29, 1.82) is 0 Å². The zero-order chi connectivity index (χ0) is 29.7. The van der Waals surface area contributed by atoms with Gasteiger partial charge >= 0.3 is 0 Å². The van der Waals surface area contributed by atoms with Gasteiger partial charge in [0.15, 0.2) is 23.3 Å². The van der Waals surface area contributed by atoms with Gasteiger partial charge < -0.3 is 9.97 Å². The van der Waals surface area contributed by atoms with Gasteiger partial charge in [-0.3, -0.25) is 0 Å². The van der Waals surface area contributed by atoms with Crippen molar-refractivity contribution in [2.45, 2.75) is 0 Å². The van der Waals surface area contributed by atoms with E-state index in [2.05, 4.69) is 39.9 Å². The van der Waals surface area contributed by atoms with Crippen LogP contribution in [0.4, 0.5) is 17.6 Å². The van der Waals surface area contributed by atoms with Crippen LogP contribution in [-0.4, -0.2) is 39.9 Å². The first-order valence-corrected chi connectivity index (χ1v) is 13.4. The van der Waals surface area contributed by atoms with Crippen LogP contribution < -0.4 is 0 Å². The van der Waals surface area contributed by atoms with Crippen LogP contribution in [0.3, 0.4) is 0 Å². The first kappa shape index (κ1) is 24.5. The number of nitrogens with zero attached hydrogens (tertiary/aromatic N) is 6. The molecule has 9 rings (SSSR count). The number of aromatic nitrogens is 8. The van der Waals surface area contributed by atoms with Crippen LogP contribution in [0.15, 0.2) is 72.8 Å². The number of rotatable bonds is 0. The van der Waals surface area contributed by atoms with E-state index in [1.807, 2.05) is 0 Å². The third-order valence-electron chi connectivity index (χ3n) is 7.74. The number of aromatic amines is 2. The fourth-order valence-electron chi connectivity index (χ4n) is 5.82. The van der Waals surface area contributed by atoms with Crippen molar-refractivity contribution in [2.75, 3.05) is 0 Å². The highest BCUT2D eigenvalue weighted by Gasteiger charge is 2.26. The number of benzene rings is 4. The van der Waals surface area contributed by atoms with Crippen molar-refractivity contribution in [3.8, 4) is 45.6 Å². The van der Waals surface area contributed by atoms with E-state index in [-0.39, 0.29) is 67.8 Å². The van der Waals surface area contributed by atoms with Gasteiger partial charge in [-0.05, 0) is 24.3 Å². The maximum atomic E-state index is 15.3. The highest BCUT2D eigenvalue weighted by atomic mass is 19.1. The van der Waals surface area contributed by atoms with Gasteiger partial charge in [0, 0.05) is 21.9 Å². The first-order chi connectivity index (χ1) is 21.4. The summed E-state index contributed by atoms with van der Waals surface area (Å²) in [7, 11) is 0. The summed E-state index contributed by atoms with van der Waals surface area (Å²) < 4.78 is 61.2. The van der Waals surface area contributed by atoms with E-state index >= 15 is 17.6 Å². The maximum Gasteiger partial charge on any atom is 0.167 e. The van der Waals surface area contributed by atoms with Gasteiger partial charge in [-0.15, -0.1) is 0 Å². The van der Waals surface area contributed by atoms with Crippen LogP contribution in [0.2, 0.25) is 0 Å². The number of H-pyrrole nitrogens is 2. The largest absolute Gasteiger partial charge is 0.324 e. The second kappa shape index (κ2) is 8.74. The summed E-state index contributed by atoms with van der Waals surface area (Å²) in [5.74, 6) is -2.29. The molecule has 2 aliphatic rings. The fraction of sp³-hybridized carbons (Fsp3) is 0. The van der Waals surface area contributed by atoms with E-state index < -0.39 is 23.3 Å². The Morgan fingerprint density at radius 2 is 0.773 bits per heavy atom. The predicted octanol–water partition coefficient (Wildman–Crippen LogP) is 7.43. The molecule has 0 fully saturated rings. The summed E-state index contributed by atoms with van der Waals surface area (Å²) in [4.78, 5) is 33.5. The van der Waals surface area contributed by atoms with Crippen LogP contribution in [0.1, 0.15) is 0 Å². The minimum Gasteiger partial charge on any atom is -0.324 e. The standard InChI is InChI=1S/C32H14F4N8/c33-17-9-1-5-13-21(17)29-38-25(13)37-26-14-6-2-11-19(35)23(14)31(39-26)44-32-24-16(8-4-12-20(24)36)28(43-32)42-30-22-15(27(40-29)41-30)7-3-10-18(22)34/h1-12H,(H2,37,38,39,40,41,42,43,44). The minimum atomic E-state index is -0.616. The molecule has 3 aromatic heterocycles. The molecular formula is C32H14F4N8. The quantitative estimate of drug-likeness (QED) is 0.179. The van der Waals surface area contributed by atoms with Crippen LogP contribution in [-0.2, 0) is 0 Å². The fourth-order valence-corrected chi connectivity index (χ4v) is 5.82. The van der Waals surface area contributed by atoms with Crippen molar-refractivity contribution < 1.29 is 17.6 Å². The molecule has 44 heavy (non-hydrogen) atoms. The second-order valence-corrected chi connectivity index (χ2v) is 10.3.